The first-order valence-electron chi connectivity index (χ1n) is 14.1. The van der Waals surface area contributed by atoms with E-state index in [1.807, 2.05) is 24.3 Å². The normalized spacial score (nSPS) is 12.1. The summed E-state index contributed by atoms with van der Waals surface area (Å²) in [6.45, 7) is 0.0945. The zero-order chi connectivity index (χ0) is 32.5. The third kappa shape index (κ3) is 8.25. The monoisotopic (exact) mass is 611 g/mol. The van der Waals surface area contributed by atoms with Gasteiger partial charge in [-0.25, -0.2) is 9.59 Å². The predicted octanol–water partition coefficient (Wildman–Crippen LogP) is 3.02. The minimum Gasteiger partial charge on any atom is -0.489 e. The van der Waals surface area contributed by atoms with Gasteiger partial charge in [-0.3, -0.25) is 9.59 Å². The van der Waals surface area contributed by atoms with Crippen LogP contribution in [-0.4, -0.2) is 57.9 Å². The number of aliphatic carboxylic acids is 1. The number of carbonyl (C=O) groups excluding carboxylic acids is 3. The van der Waals surface area contributed by atoms with Crippen LogP contribution in [0, 0.1) is 11.3 Å². The summed E-state index contributed by atoms with van der Waals surface area (Å²) in [5, 5.41) is 19.9. The van der Waals surface area contributed by atoms with E-state index in [9.17, 15) is 24.3 Å². The van der Waals surface area contributed by atoms with Gasteiger partial charge >= 0.3 is 11.9 Å². The molecule has 3 aromatic carbocycles. The largest absolute Gasteiger partial charge is 0.489 e. The lowest BCUT2D eigenvalue weighted by molar-refractivity contribution is -0.152. The van der Waals surface area contributed by atoms with Crippen LogP contribution in [-0.2, 0) is 38.7 Å². The van der Waals surface area contributed by atoms with Crippen molar-refractivity contribution in [1.29, 1.82) is 5.26 Å². The zero-order valence-corrected chi connectivity index (χ0v) is 24.6. The quantitative estimate of drug-likeness (QED) is 0.155. The summed E-state index contributed by atoms with van der Waals surface area (Å²) in [5.74, 6) is -2.50. The van der Waals surface area contributed by atoms with E-state index in [1.165, 1.54) is 7.11 Å². The lowest BCUT2D eigenvalue weighted by Gasteiger charge is -2.31. The number of benzene rings is 3. The molecule has 0 saturated heterocycles. The maximum absolute atomic E-state index is 13.7. The number of primary amides is 1. The zero-order valence-electron chi connectivity index (χ0n) is 24.6. The number of hydrogen-bond acceptors (Lipinski definition) is 8. The maximum Gasteiger partial charge on any atom is 0.337 e. The standard InChI is InChI=1S/C33H33N5O7/c1-44-33(43)23-4-2-3-22(13-23)19-45-25-9-10-28-26(15-25)24(17-37-28)14-27(35)31(40)38(29(32(41)42)11-12-30(36)39)18-21-7-5-20(16-34)6-8-21/h2-10,13,15,17,27,29,37H,11-12,14,18-19,35H2,1H3,(H2,36,39)(H,41,42)/t27-,29+/m1/s1. The van der Waals surface area contributed by atoms with Crippen LogP contribution >= 0.6 is 0 Å². The number of fused-ring (bicyclic) bond motifs is 1. The number of nitriles is 1. The van der Waals surface area contributed by atoms with E-state index in [2.05, 4.69) is 4.98 Å². The number of aromatic amines is 1. The van der Waals surface area contributed by atoms with Gasteiger partial charge in [0.2, 0.25) is 11.8 Å². The highest BCUT2D eigenvalue weighted by Gasteiger charge is 2.33. The molecule has 0 saturated carbocycles. The Morgan fingerprint density at radius 1 is 1.04 bits per heavy atom. The van der Waals surface area contributed by atoms with E-state index >= 15 is 0 Å². The molecule has 0 bridgehead atoms. The number of nitrogens with one attached hydrogen (secondary N) is 1. The van der Waals surface area contributed by atoms with Gasteiger partial charge in [0.25, 0.3) is 0 Å². The Morgan fingerprint density at radius 2 is 1.80 bits per heavy atom. The number of nitrogens with two attached hydrogens (primary N) is 2. The number of methoxy groups -OCH3 is 1. The number of carbonyl (C=O) groups is 4. The lowest BCUT2D eigenvalue weighted by atomic mass is 10.0. The number of carboxylic acids is 1. The molecule has 0 unspecified atom stereocenters. The SMILES string of the molecule is COC(=O)c1cccc(COc2ccc3[nH]cc(C[C@@H](N)C(=O)N(Cc4ccc(C#N)cc4)[C@@H](CCC(N)=O)C(=O)O)c3c2)c1. The number of rotatable bonds is 14. The Bertz CT molecular complexity index is 1740. The smallest absolute Gasteiger partial charge is 0.337 e. The van der Waals surface area contributed by atoms with E-state index < -0.39 is 35.8 Å². The highest BCUT2D eigenvalue weighted by atomic mass is 16.5. The van der Waals surface area contributed by atoms with E-state index in [1.54, 1.807) is 54.7 Å². The molecular formula is C33H33N5O7. The first-order valence-corrected chi connectivity index (χ1v) is 14.1. The first kappa shape index (κ1) is 32.2. The average molecular weight is 612 g/mol. The minimum absolute atomic E-state index is 0.0789. The second-order valence-electron chi connectivity index (χ2n) is 10.4. The fourth-order valence-corrected chi connectivity index (χ4v) is 4.94. The van der Waals surface area contributed by atoms with E-state index in [0.717, 1.165) is 21.4 Å². The average Bonchev–Trinajstić information content (AvgIpc) is 3.44. The molecule has 232 valence electrons. The molecule has 0 aliphatic rings. The molecule has 1 aromatic heterocycles. The Labute approximate surface area is 259 Å². The van der Waals surface area contributed by atoms with Gasteiger partial charge < -0.3 is 35.9 Å². The van der Waals surface area contributed by atoms with Gasteiger partial charge in [-0.2, -0.15) is 5.26 Å². The molecule has 45 heavy (non-hydrogen) atoms. The maximum atomic E-state index is 13.7. The van der Waals surface area contributed by atoms with Crippen LogP contribution in [0.5, 0.6) is 5.75 Å². The summed E-state index contributed by atoms with van der Waals surface area (Å²) in [5.41, 5.74) is 15.4. The van der Waals surface area contributed by atoms with Gasteiger partial charge in [0.15, 0.2) is 0 Å². The molecule has 6 N–H and O–H groups in total. The number of aromatic nitrogens is 1. The van der Waals surface area contributed by atoms with Crippen molar-refractivity contribution in [2.24, 2.45) is 11.5 Å². The molecule has 0 spiro atoms. The van der Waals surface area contributed by atoms with E-state index in [-0.39, 0.29) is 32.4 Å². The predicted molar refractivity (Wildman–Crippen MR) is 164 cm³/mol. The molecule has 0 aliphatic heterocycles. The van der Waals surface area contributed by atoms with Gasteiger partial charge in [-0.05, 0) is 72.0 Å². The highest BCUT2D eigenvalue weighted by Crippen LogP contribution is 2.26. The number of esters is 1. The topological polar surface area (TPSA) is 202 Å². The molecule has 0 radical (unpaired) electrons. The van der Waals surface area contributed by atoms with Crippen LogP contribution in [0.1, 0.15) is 45.5 Å². The van der Waals surface area contributed by atoms with Gasteiger partial charge in [-0.1, -0.05) is 24.3 Å². The van der Waals surface area contributed by atoms with Crippen LogP contribution in [0.25, 0.3) is 10.9 Å². The summed E-state index contributed by atoms with van der Waals surface area (Å²) < 4.78 is 10.8. The van der Waals surface area contributed by atoms with Crippen molar-refractivity contribution in [2.45, 2.75) is 44.5 Å². The Hall–Kier alpha value is -5.67. The van der Waals surface area contributed by atoms with Crippen molar-refractivity contribution in [2.75, 3.05) is 7.11 Å². The molecule has 4 aromatic rings. The van der Waals surface area contributed by atoms with Gasteiger partial charge in [0, 0.05) is 30.1 Å². The number of carboxylic acid groups (broad SMARTS) is 1. The molecular weight excluding hydrogens is 578 g/mol. The van der Waals surface area contributed by atoms with Crippen LogP contribution in [0.15, 0.2) is 72.9 Å². The molecule has 2 amide bonds. The number of amides is 2. The van der Waals surface area contributed by atoms with Crippen LogP contribution in [0.3, 0.4) is 0 Å². The highest BCUT2D eigenvalue weighted by molar-refractivity contribution is 5.90. The van der Waals surface area contributed by atoms with Crippen LogP contribution < -0.4 is 16.2 Å². The third-order valence-corrected chi connectivity index (χ3v) is 7.29. The number of nitrogens with zero attached hydrogens (tertiary/aromatic N) is 2. The first-order chi connectivity index (χ1) is 21.6. The van der Waals surface area contributed by atoms with Gasteiger partial charge in [0.1, 0.15) is 18.4 Å². The van der Waals surface area contributed by atoms with Crippen LogP contribution in [0.2, 0.25) is 0 Å². The molecule has 12 heteroatoms. The minimum atomic E-state index is -1.35. The lowest BCUT2D eigenvalue weighted by Crippen LogP contribution is -2.52. The van der Waals surface area contributed by atoms with Crippen LogP contribution in [0.4, 0.5) is 0 Å². The molecule has 2 atom stereocenters. The Morgan fingerprint density at radius 3 is 2.47 bits per heavy atom. The molecule has 0 aliphatic carbocycles. The Balaban J connectivity index is 1.54. The number of ether oxygens (including phenoxy) is 2. The molecule has 1 heterocycles. The van der Waals surface area contributed by atoms with E-state index in [0.29, 0.717) is 28.0 Å². The number of H-pyrrole nitrogens is 1. The van der Waals surface area contributed by atoms with Crippen molar-refractivity contribution in [3.63, 3.8) is 0 Å². The second kappa shape index (κ2) is 14.7. The van der Waals surface area contributed by atoms with Crippen molar-refractivity contribution in [3.05, 3.63) is 101 Å². The molecule has 0 fully saturated rings. The Kier molecular flexibility index (Phi) is 10.5. The fourth-order valence-electron chi connectivity index (χ4n) is 4.94. The summed E-state index contributed by atoms with van der Waals surface area (Å²) >= 11 is 0. The summed E-state index contributed by atoms with van der Waals surface area (Å²) in [7, 11) is 1.32. The van der Waals surface area contributed by atoms with Crippen molar-refractivity contribution >= 4 is 34.7 Å². The second-order valence-corrected chi connectivity index (χ2v) is 10.4. The third-order valence-electron chi connectivity index (χ3n) is 7.29. The van der Waals surface area contributed by atoms with Crippen molar-refractivity contribution < 1.29 is 33.8 Å². The molecule has 4 rings (SSSR count). The summed E-state index contributed by atoms with van der Waals surface area (Å²) in [6, 6.07) is 18.3. The molecule has 12 nitrogen and oxygen atoms in total. The van der Waals surface area contributed by atoms with Crippen molar-refractivity contribution in [3.8, 4) is 11.8 Å². The van der Waals surface area contributed by atoms with Gasteiger partial charge in [0.05, 0.1) is 30.3 Å². The van der Waals surface area contributed by atoms with Crippen molar-refractivity contribution in [1.82, 2.24) is 9.88 Å². The summed E-state index contributed by atoms with van der Waals surface area (Å²) in [6.07, 6.45) is 1.39. The fraction of sp³-hybridized carbons (Fsp3) is 0.242. The van der Waals surface area contributed by atoms with Gasteiger partial charge in [-0.15, -0.1) is 0 Å². The number of hydrogen-bond donors (Lipinski definition) is 4. The van der Waals surface area contributed by atoms with E-state index in [4.69, 9.17) is 26.2 Å². The summed E-state index contributed by atoms with van der Waals surface area (Å²) in [4.78, 5) is 53.6.